The highest BCUT2D eigenvalue weighted by Gasteiger charge is 2.15. The van der Waals surface area contributed by atoms with Crippen molar-refractivity contribution in [1.29, 1.82) is 0 Å². The van der Waals surface area contributed by atoms with Crippen LogP contribution < -0.4 is 5.73 Å². The van der Waals surface area contributed by atoms with Gasteiger partial charge in [-0.1, -0.05) is 24.3 Å². The Labute approximate surface area is 108 Å². The molecule has 0 aliphatic rings. The van der Waals surface area contributed by atoms with E-state index in [4.69, 9.17) is 10.5 Å². The smallest absolute Gasteiger partial charge is 0.338 e. The summed E-state index contributed by atoms with van der Waals surface area (Å²) < 4.78 is 4.72. The predicted molar refractivity (Wildman–Crippen MR) is 71.4 cm³/mol. The fourth-order valence-electron chi connectivity index (χ4n) is 1.57. The Bertz CT molecular complexity index is 379. The molecule has 0 heterocycles. The molecular weight excluding hydrogens is 238 g/mol. The number of benzene rings is 1. The molecular formula is C13H18ClNO2. The fourth-order valence-corrected chi connectivity index (χ4v) is 1.57. The third-order valence-corrected chi connectivity index (χ3v) is 2.45. The molecule has 0 bridgehead atoms. The maximum Gasteiger partial charge on any atom is 0.338 e. The van der Waals surface area contributed by atoms with E-state index in [0.29, 0.717) is 5.56 Å². The van der Waals surface area contributed by atoms with Gasteiger partial charge in [-0.25, -0.2) is 4.79 Å². The summed E-state index contributed by atoms with van der Waals surface area (Å²) in [6.45, 7) is 3.65. The van der Waals surface area contributed by atoms with Gasteiger partial charge < -0.3 is 10.5 Å². The summed E-state index contributed by atoms with van der Waals surface area (Å²) in [7, 11) is 1.37. The number of nitrogens with two attached hydrogens (primary N) is 1. The highest BCUT2D eigenvalue weighted by molar-refractivity contribution is 5.91. The summed E-state index contributed by atoms with van der Waals surface area (Å²) in [6.07, 6.45) is 3.43. The zero-order valence-electron chi connectivity index (χ0n) is 9.89. The second-order valence-electron chi connectivity index (χ2n) is 3.55. The lowest BCUT2D eigenvalue weighted by Crippen LogP contribution is -2.15. The topological polar surface area (TPSA) is 52.3 Å². The van der Waals surface area contributed by atoms with Crippen LogP contribution in [-0.2, 0) is 4.74 Å². The van der Waals surface area contributed by atoms with Gasteiger partial charge >= 0.3 is 5.97 Å². The molecule has 0 aromatic heterocycles. The van der Waals surface area contributed by atoms with Crippen LogP contribution in [0.1, 0.15) is 34.8 Å². The van der Waals surface area contributed by atoms with Gasteiger partial charge in [0.1, 0.15) is 0 Å². The lowest BCUT2D eigenvalue weighted by Gasteiger charge is -2.14. The second kappa shape index (κ2) is 7.87. The molecule has 0 aliphatic carbocycles. The Hall–Kier alpha value is -1.32. The van der Waals surface area contributed by atoms with Gasteiger partial charge in [-0.15, -0.1) is 19.0 Å². The molecule has 4 heteroatoms. The summed E-state index contributed by atoms with van der Waals surface area (Å²) >= 11 is 0. The quantitative estimate of drug-likeness (QED) is 0.650. The number of ether oxygens (including phenoxy) is 1. The third-order valence-electron chi connectivity index (χ3n) is 2.45. The highest BCUT2D eigenvalue weighted by Crippen LogP contribution is 2.20. The Morgan fingerprint density at radius 2 is 2.18 bits per heavy atom. The van der Waals surface area contributed by atoms with Crippen molar-refractivity contribution >= 4 is 18.4 Å². The Balaban J connectivity index is 0.00000256. The number of carbonyl (C=O) groups is 1. The van der Waals surface area contributed by atoms with Crippen LogP contribution in [0.2, 0.25) is 0 Å². The number of esters is 1. The molecule has 1 atom stereocenters. The third kappa shape index (κ3) is 4.21. The van der Waals surface area contributed by atoms with Crippen molar-refractivity contribution in [3.8, 4) is 0 Å². The molecule has 3 nitrogen and oxygen atoms in total. The first-order chi connectivity index (χ1) is 7.70. The molecule has 0 radical (unpaired) electrons. The van der Waals surface area contributed by atoms with E-state index >= 15 is 0 Å². The summed E-state index contributed by atoms with van der Waals surface area (Å²) in [4.78, 5) is 11.5. The minimum Gasteiger partial charge on any atom is -0.465 e. The minimum atomic E-state index is -0.343. The van der Waals surface area contributed by atoms with E-state index in [2.05, 4.69) is 6.58 Å². The van der Waals surface area contributed by atoms with Gasteiger partial charge in [0.2, 0.25) is 0 Å². The molecule has 0 spiro atoms. The number of allylic oxidation sites excluding steroid dienone is 1. The zero-order chi connectivity index (χ0) is 12.0. The number of methoxy groups -OCH3 is 1. The van der Waals surface area contributed by atoms with Gasteiger partial charge in [0.25, 0.3) is 0 Å². The van der Waals surface area contributed by atoms with E-state index in [1.807, 2.05) is 18.2 Å². The van der Waals surface area contributed by atoms with E-state index in [1.54, 1.807) is 12.1 Å². The first-order valence-corrected chi connectivity index (χ1v) is 5.24. The normalized spacial score (nSPS) is 11.2. The average Bonchev–Trinajstić information content (AvgIpc) is 2.35. The molecule has 17 heavy (non-hydrogen) atoms. The van der Waals surface area contributed by atoms with Crippen molar-refractivity contribution in [2.75, 3.05) is 7.11 Å². The summed E-state index contributed by atoms with van der Waals surface area (Å²) in [5.74, 6) is -0.343. The number of halogens is 1. The summed E-state index contributed by atoms with van der Waals surface area (Å²) in [5.41, 5.74) is 7.39. The SMILES string of the molecule is C=CCC[C@H](N)c1ccccc1C(=O)OC.Cl. The van der Waals surface area contributed by atoms with E-state index < -0.39 is 0 Å². The van der Waals surface area contributed by atoms with Crippen molar-refractivity contribution in [1.82, 2.24) is 0 Å². The van der Waals surface area contributed by atoms with Gasteiger partial charge in [0.05, 0.1) is 12.7 Å². The van der Waals surface area contributed by atoms with Crippen LogP contribution in [0.25, 0.3) is 0 Å². The monoisotopic (exact) mass is 255 g/mol. The van der Waals surface area contributed by atoms with Crippen LogP contribution >= 0.6 is 12.4 Å². The highest BCUT2D eigenvalue weighted by atomic mass is 35.5. The minimum absolute atomic E-state index is 0. The van der Waals surface area contributed by atoms with Crippen LogP contribution in [0.3, 0.4) is 0 Å². The first-order valence-electron chi connectivity index (χ1n) is 5.24. The summed E-state index contributed by atoms with van der Waals surface area (Å²) in [6, 6.07) is 7.11. The predicted octanol–water partition coefficient (Wildman–Crippen LogP) is 2.86. The molecule has 0 unspecified atom stereocenters. The van der Waals surface area contributed by atoms with Crippen LogP contribution in [-0.4, -0.2) is 13.1 Å². The number of carbonyl (C=O) groups excluding carboxylic acids is 1. The molecule has 0 saturated carbocycles. The lowest BCUT2D eigenvalue weighted by atomic mass is 9.97. The molecule has 1 aromatic carbocycles. The second-order valence-corrected chi connectivity index (χ2v) is 3.55. The molecule has 1 rings (SSSR count). The Morgan fingerprint density at radius 1 is 1.53 bits per heavy atom. The van der Waals surface area contributed by atoms with Gasteiger partial charge in [0, 0.05) is 6.04 Å². The van der Waals surface area contributed by atoms with Gasteiger partial charge in [0.15, 0.2) is 0 Å². The van der Waals surface area contributed by atoms with Crippen LogP contribution in [0.4, 0.5) is 0 Å². The standard InChI is InChI=1S/C13H17NO2.ClH/c1-3-4-9-12(14)10-7-5-6-8-11(10)13(15)16-2;/h3,5-8,12H,1,4,9,14H2,2H3;1H/t12-;/m0./s1. The molecule has 0 amide bonds. The van der Waals surface area contributed by atoms with Gasteiger partial charge in [-0.2, -0.15) is 0 Å². The molecule has 1 aromatic rings. The van der Waals surface area contributed by atoms with Gasteiger partial charge in [-0.05, 0) is 24.5 Å². The lowest BCUT2D eigenvalue weighted by molar-refractivity contribution is 0.0599. The maximum absolute atomic E-state index is 11.5. The number of hydrogen-bond donors (Lipinski definition) is 1. The largest absolute Gasteiger partial charge is 0.465 e. The fraction of sp³-hybridized carbons (Fsp3) is 0.308. The maximum atomic E-state index is 11.5. The van der Waals surface area contributed by atoms with Crippen molar-refractivity contribution in [2.45, 2.75) is 18.9 Å². The van der Waals surface area contributed by atoms with E-state index in [0.717, 1.165) is 18.4 Å². The Kier molecular flexibility index (Phi) is 7.26. The average molecular weight is 256 g/mol. The molecule has 2 N–H and O–H groups in total. The van der Waals surface area contributed by atoms with E-state index in [1.165, 1.54) is 7.11 Å². The van der Waals surface area contributed by atoms with Crippen molar-refractivity contribution in [3.05, 3.63) is 48.0 Å². The summed E-state index contributed by atoms with van der Waals surface area (Å²) in [5, 5.41) is 0. The van der Waals surface area contributed by atoms with Gasteiger partial charge in [-0.3, -0.25) is 0 Å². The van der Waals surface area contributed by atoms with Crippen molar-refractivity contribution in [2.24, 2.45) is 5.73 Å². The molecule has 0 fully saturated rings. The molecule has 0 aliphatic heterocycles. The molecule has 94 valence electrons. The number of rotatable bonds is 5. The van der Waals surface area contributed by atoms with E-state index in [-0.39, 0.29) is 24.4 Å². The zero-order valence-corrected chi connectivity index (χ0v) is 10.7. The van der Waals surface area contributed by atoms with Crippen LogP contribution in [0.5, 0.6) is 0 Å². The number of hydrogen-bond acceptors (Lipinski definition) is 3. The van der Waals surface area contributed by atoms with Crippen LogP contribution in [0, 0.1) is 0 Å². The first kappa shape index (κ1) is 15.7. The Morgan fingerprint density at radius 3 is 2.76 bits per heavy atom. The molecule has 0 saturated heterocycles. The van der Waals surface area contributed by atoms with E-state index in [9.17, 15) is 4.79 Å². The van der Waals surface area contributed by atoms with Crippen molar-refractivity contribution in [3.63, 3.8) is 0 Å². The van der Waals surface area contributed by atoms with Crippen LogP contribution in [0.15, 0.2) is 36.9 Å². The van der Waals surface area contributed by atoms with Crippen molar-refractivity contribution < 1.29 is 9.53 Å².